The van der Waals surface area contributed by atoms with Gasteiger partial charge < -0.3 is 9.52 Å². The molecule has 0 saturated heterocycles. The van der Waals surface area contributed by atoms with E-state index in [-0.39, 0.29) is 5.56 Å². The van der Waals surface area contributed by atoms with E-state index in [0.717, 1.165) is 5.39 Å². The fraction of sp³-hybridized carbons (Fsp3) is 0.214. The molecule has 88 valence electrons. The third-order valence-corrected chi connectivity index (χ3v) is 2.76. The zero-order valence-corrected chi connectivity index (χ0v) is 9.64. The van der Waals surface area contributed by atoms with Crippen LogP contribution in [0.2, 0.25) is 0 Å². The maximum absolute atomic E-state index is 11.8. The number of fused-ring (bicyclic) bond motifs is 1. The largest absolute Gasteiger partial charge is 0.422 e. The summed E-state index contributed by atoms with van der Waals surface area (Å²) in [5.41, 5.74) is -0.964. The molecule has 1 N–H and O–H groups in total. The number of aliphatic hydroxyl groups is 1. The summed E-state index contributed by atoms with van der Waals surface area (Å²) in [6.45, 7) is 5.15. The molecule has 1 unspecified atom stereocenters. The molecule has 0 fully saturated rings. The van der Waals surface area contributed by atoms with E-state index in [1.165, 1.54) is 0 Å². The highest BCUT2D eigenvalue weighted by atomic mass is 16.4. The molecule has 3 heteroatoms. The van der Waals surface area contributed by atoms with E-state index in [9.17, 15) is 9.90 Å². The van der Waals surface area contributed by atoms with Crippen molar-refractivity contribution < 1.29 is 9.52 Å². The summed E-state index contributed by atoms with van der Waals surface area (Å²) in [5.74, 6) is 0. The van der Waals surface area contributed by atoms with Crippen LogP contribution in [0.1, 0.15) is 18.9 Å². The highest BCUT2D eigenvalue weighted by molar-refractivity contribution is 5.76. The Morgan fingerprint density at radius 2 is 2.18 bits per heavy atom. The minimum Gasteiger partial charge on any atom is -0.422 e. The van der Waals surface area contributed by atoms with Gasteiger partial charge in [0.1, 0.15) is 5.58 Å². The molecular formula is C14H14O3. The second kappa shape index (κ2) is 4.18. The average molecular weight is 230 g/mol. The van der Waals surface area contributed by atoms with Gasteiger partial charge in [0.05, 0.1) is 11.2 Å². The predicted molar refractivity (Wildman–Crippen MR) is 66.9 cm³/mol. The van der Waals surface area contributed by atoms with Gasteiger partial charge >= 0.3 is 5.63 Å². The number of benzene rings is 1. The molecule has 0 saturated carbocycles. The average Bonchev–Trinajstić information content (AvgIpc) is 2.27. The Balaban J connectivity index is 2.66. The summed E-state index contributed by atoms with van der Waals surface area (Å²) >= 11 is 0. The molecule has 0 amide bonds. The molecule has 1 atom stereocenters. The zero-order chi connectivity index (χ0) is 12.5. The predicted octanol–water partition coefficient (Wildman–Crippen LogP) is 2.58. The number of hydrogen-bond donors (Lipinski definition) is 1. The van der Waals surface area contributed by atoms with Crippen LogP contribution in [0.5, 0.6) is 0 Å². The van der Waals surface area contributed by atoms with E-state index in [4.69, 9.17) is 4.42 Å². The lowest BCUT2D eigenvalue weighted by Gasteiger charge is -2.20. The Morgan fingerprint density at radius 1 is 1.47 bits per heavy atom. The maximum atomic E-state index is 11.8. The van der Waals surface area contributed by atoms with E-state index in [1.54, 1.807) is 31.2 Å². The highest BCUT2D eigenvalue weighted by Crippen LogP contribution is 2.24. The van der Waals surface area contributed by atoms with Crippen molar-refractivity contribution in [2.45, 2.75) is 18.9 Å². The van der Waals surface area contributed by atoms with Crippen molar-refractivity contribution in [1.82, 2.24) is 0 Å². The molecule has 0 bridgehead atoms. The fourth-order valence-electron chi connectivity index (χ4n) is 1.83. The zero-order valence-electron chi connectivity index (χ0n) is 9.64. The van der Waals surface area contributed by atoms with E-state index >= 15 is 0 Å². The van der Waals surface area contributed by atoms with E-state index in [2.05, 4.69) is 6.58 Å². The third-order valence-electron chi connectivity index (χ3n) is 2.76. The molecule has 2 aromatic rings. The minimum atomic E-state index is -1.24. The highest BCUT2D eigenvalue weighted by Gasteiger charge is 2.26. The molecule has 0 aliphatic carbocycles. The summed E-state index contributed by atoms with van der Waals surface area (Å²) in [6, 6.07) is 8.89. The van der Waals surface area contributed by atoms with Crippen LogP contribution < -0.4 is 5.63 Å². The van der Waals surface area contributed by atoms with Crippen LogP contribution >= 0.6 is 0 Å². The molecule has 3 nitrogen and oxygen atoms in total. The molecule has 0 radical (unpaired) electrons. The van der Waals surface area contributed by atoms with Gasteiger partial charge in [-0.1, -0.05) is 24.3 Å². The Bertz CT molecular complexity index is 608. The molecule has 0 spiro atoms. The fourth-order valence-corrected chi connectivity index (χ4v) is 1.83. The quantitative estimate of drug-likeness (QED) is 0.651. The van der Waals surface area contributed by atoms with Crippen LogP contribution in [0.15, 0.2) is 52.2 Å². The molecular weight excluding hydrogens is 216 g/mol. The van der Waals surface area contributed by atoms with Crippen LogP contribution in [0.25, 0.3) is 11.0 Å². The van der Waals surface area contributed by atoms with E-state index < -0.39 is 11.2 Å². The Kier molecular flexibility index (Phi) is 2.86. The van der Waals surface area contributed by atoms with Gasteiger partial charge in [0.15, 0.2) is 0 Å². The Labute approximate surface area is 99.0 Å². The second-order valence-electron chi connectivity index (χ2n) is 4.25. The van der Waals surface area contributed by atoms with Crippen LogP contribution in [0, 0.1) is 0 Å². The summed E-state index contributed by atoms with van der Waals surface area (Å²) in [5, 5.41) is 11.0. The van der Waals surface area contributed by atoms with Gasteiger partial charge in [0, 0.05) is 5.39 Å². The topological polar surface area (TPSA) is 50.4 Å². The standard InChI is InChI=1S/C14H14O3/c1-3-8-14(2,16)11-9-10-6-4-5-7-12(10)17-13(11)15/h3-7,9,16H,1,8H2,2H3. The summed E-state index contributed by atoms with van der Waals surface area (Å²) in [6.07, 6.45) is 1.88. The van der Waals surface area contributed by atoms with Crippen molar-refractivity contribution in [2.24, 2.45) is 0 Å². The maximum Gasteiger partial charge on any atom is 0.342 e. The molecule has 1 heterocycles. The van der Waals surface area contributed by atoms with Crippen LogP contribution in [0.4, 0.5) is 0 Å². The van der Waals surface area contributed by atoms with Gasteiger partial charge in [-0.2, -0.15) is 0 Å². The van der Waals surface area contributed by atoms with E-state index in [1.807, 2.05) is 12.1 Å². The summed E-state index contributed by atoms with van der Waals surface area (Å²) in [7, 11) is 0. The Morgan fingerprint density at radius 3 is 2.88 bits per heavy atom. The smallest absolute Gasteiger partial charge is 0.342 e. The van der Waals surface area contributed by atoms with Gasteiger partial charge in [0.25, 0.3) is 0 Å². The first-order chi connectivity index (χ1) is 8.04. The first kappa shape index (κ1) is 11.6. The number of hydrogen-bond acceptors (Lipinski definition) is 3. The van der Waals surface area contributed by atoms with Gasteiger partial charge in [-0.15, -0.1) is 6.58 Å². The summed E-state index contributed by atoms with van der Waals surface area (Å²) < 4.78 is 5.18. The monoisotopic (exact) mass is 230 g/mol. The van der Waals surface area contributed by atoms with Crippen LogP contribution in [-0.2, 0) is 5.60 Å². The van der Waals surface area contributed by atoms with Gasteiger partial charge in [0.2, 0.25) is 0 Å². The molecule has 17 heavy (non-hydrogen) atoms. The van der Waals surface area contributed by atoms with Crippen molar-refractivity contribution in [2.75, 3.05) is 0 Å². The molecule has 1 aromatic carbocycles. The lowest BCUT2D eigenvalue weighted by atomic mass is 9.93. The SMILES string of the molecule is C=CCC(C)(O)c1cc2ccccc2oc1=O. The van der Waals surface area contributed by atoms with Gasteiger partial charge in [-0.3, -0.25) is 0 Å². The lowest BCUT2D eigenvalue weighted by molar-refractivity contribution is 0.0573. The van der Waals surface area contributed by atoms with Crippen molar-refractivity contribution in [3.05, 3.63) is 59.0 Å². The van der Waals surface area contributed by atoms with Crippen LogP contribution in [-0.4, -0.2) is 5.11 Å². The van der Waals surface area contributed by atoms with Crippen molar-refractivity contribution in [3.63, 3.8) is 0 Å². The molecule has 1 aromatic heterocycles. The summed E-state index contributed by atoms with van der Waals surface area (Å²) in [4.78, 5) is 11.8. The van der Waals surface area contributed by atoms with E-state index in [0.29, 0.717) is 12.0 Å². The Hall–Kier alpha value is -1.87. The first-order valence-electron chi connectivity index (χ1n) is 5.41. The lowest BCUT2D eigenvalue weighted by Crippen LogP contribution is -2.27. The second-order valence-corrected chi connectivity index (χ2v) is 4.25. The van der Waals surface area contributed by atoms with Gasteiger partial charge in [-0.25, -0.2) is 4.79 Å². The number of para-hydroxylation sites is 1. The van der Waals surface area contributed by atoms with Crippen molar-refractivity contribution in [1.29, 1.82) is 0 Å². The number of rotatable bonds is 3. The molecule has 0 aliphatic rings. The molecule has 0 aliphatic heterocycles. The van der Waals surface area contributed by atoms with Gasteiger partial charge in [-0.05, 0) is 25.5 Å². The third kappa shape index (κ3) is 2.15. The molecule has 2 rings (SSSR count). The normalized spacial score (nSPS) is 14.5. The minimum absolute atomic E-state index is 0.260. The van der Waals surface area contributed by atoms with Crippen molar-refractivity contribution in [3.8, 4) is 0 Å². The van der Waals surface area contributed by atoms with Crippen LogP contribution in [0.3, 0.4) is 0 Å². The first-order valence-corrected chi connectivity index (χ1v) is 5.41. The van der Waals surface area contributed by atoms with Crippen molar-refractivity contribution >= 4 is 11.0 Å².